The number of hydrogen-bond acceptors (Lipinski definition) is 2. The summed E-state index contributed by atoms with van der Waals surface area (Å²) in [4.78, 5) is 5.40. The van der Waals surface area contributed by atoms with Crippen LogP contribution in [0, 0.1) is 13.8 Å². The molecule has 11 rings (SSSR count). The van der Waals surface area contributed by atoms with Gasteiger partial charge in [0.25, 0.3) is 6.71 Å². The fourth-order valence-electron chi connectivity index (χ4n) is 12.9. The molecule has 6 aromatic carbocycles. The molecule has 0 radical (unpaired) electrons. The van der Waals surface area contributed by atoms with Gasteiger partial charge in [-0.3, -0.25) is 0 Å². The van der Waals surface area contributed by atoms with Crippen LogP contribution in [0.4, 0.5) is 34.1 Å². The van der Waals surface area contributed by atoms with Gasteiger partial charge in [0.15, 0.2) is 0 Å². The summed E-state index contributed by atoms with van der Waals surface area (Å²) in [5.41, 5.74) is 28.2. The maximum Gasteiger partial charge on any atom is 0.252 e. The van der Waals surface area contributed by atoms with Crippen LogP contribution in [0.1, 0.15) is 145 Å². The standard InChI is InChI=1S/C58H63BN2/c1-34-25-50-53-51(26-34)61(48-31-43-40(27-35(48)2)57(10,11)33-58(43,12)13)49-32-42-41(55(6,7)23-24-56(42,8)9)30-45(49)59(53)44-29-38(54(3,4)5)21-22-46(44)60(50)47-20-16-18-37-28-36-17-14-15-19-39(36)52(37)47/h14-22,25-27,29-32H,23-24,28,33H2,1-13H3. The van der Waals surface area contributed by atoms with Gasteiger partial charge in [-0.05, 0) is 175 Å². The minimum atomic E-state index is -0.00329. The normalized spacial score (nSPS) is 19.1. The van der Waals surface area contributed by atoms with Crippen LogP contribution in [0.2, 0.25) is 0 Å². The maximum atomic E-state index is 2.73. The van der Waals surface area contributed by atoms with E-state index < -0.39 is 0 Å². The van der Waals surface area contributed by atoms with Gasteiger partial charge in [-0.15, -0.1) is 0 Å². The molecule has 0 saturated heterocycles. The Morgan fingerprint density at radius 1 is 0.508 bits per heavy atom. The molecule has 2 aliphatic heterocycles. The Labute approximate surface area is 366 Å². The van der Waals surface area contributed by atoms with Gasteiger partial charge in [-0.2, -0.15) is 0 Å². The molecule has 6 aromatic rings. The summed E-state index contributed by atoms with van der Waals surface area (Å²) in [6.45, 7) is 31.7. The minimum absolute atomic E-state index is 0.00329. The van der Waals surface area contributed by atoms with E-state index in [0.29, 0.717) is 0 Å². The van der Waals surface area contributed by atoms with Crippen molar-refractivity contribution in [2.45, 2.75) is 143 Å². The van der Waals surface area contributed by atoms with Crippen molar-refractivity contribution in [3.8, 4) is 11.1 Å². The second kappa shape index (κ2) is 12.3. The van der Waals surface area contributed by atoms with E-state index in [1.165, 1.54) is 125 Å². The highest BCUT2D eigenvalue weighted by Crippen LogP contribution is 2.55. The third-order valence-electron chi connectivity index (χ3n) is 16.0. The highest BCUT2D eigenvalue weighted by atomic mass is 15.2. The van der Waals surface area contributed by atoms with Crippen LogP contribution in [-0.2, 0) is 33.5 Å². The van der Waals surface area contributed by atoms with E-state index in [-0.39, 0.29) is 33.8 Å². The summed E-state index contributed by atoms with van der Waals surface area (Å²) < 4.78 is 0. The van der Waals surface area contributed by atoms with Crippen molar-refractivity contribution in [2.75, 3.05) is 9.80 Å². The smallest absolute Gasteiger partial charge is 0.252 e. The second-order valence-electron chi connectivity index (χ2n) is 23.3. The Kier molecular flexibility index (Phi) is 7.86. The van der Waals surface area contributed by atoms with E-state index >= 15 is 0 Å². The van der Waals surface area contributed by atoms with Crippen molar-refractivity contribution in [1.82, 2.24) is 0 Å². The van der Waals surface area contributed by atoms with Gasteiger partial charge in [0.05, 0.1) is 5.69 Å². The number of benzene rings is 6. The average Bonchev–Trinajstić information content (AvgIpc) is 3.65. The predicted octanol–water partition coefficient (Wildman–Crippen LogP) is 13.6. The second-order valence-corrected chi connectivity index (χ2v) is 23.3. The molecule has 61 heavy (non-hydrogen) atoms. The van der Waals surface area contributed by atoms with Gasteiger partial charge in [0, 0.05) is 34.0 Å². The topological polar surface area (TPSA) is 6.48 Å². The number of hydrogen-bond donors (Lipinski definition) is 0. The molecule has 0 bridgehead atoms. The quantitative estimate of drug-likeness (QED) is 0.161. The molecule has 0 N–H and O–H groups in total. The number of rotatable bonds is 2. The molecule has 0 spiro atoms. The molecule has 3 heteroatoms. The number of anilines is 6. The van der Waals surface area contributed by atoms with E-state index in [4.69, 9.17) is 0 Å². The SMILES string of the molecule is Cc1cc2c3c(c1)N(c1cccc4c1-c1ccccc1C4)c1ccc(C(C)(C)C)cc1B3c1cc3c(cc1N2c1cc2c(cc1C)C(C)(C)CC2(C)C)C(C)(C)CCC3(C)C. The van der Waals surface area contributed by atoms with Crippen molar-refractivity contribution >= 4 is 57.2 Å². The Bertz CT molecular complexity index is 2900. The molecule has 0 saturated carbocycles. The summed E-state index contributed by atoms with van der Waals surface area (Å²) >= 11 is 0. The van der Waals surface area contributed by atoms with Crippen molar-refractivity contribution in [1.29, 1.82) is 0 Å². The first-order valence-electron chi connectivity index (χ1n) is 23.1. The van der Waals surface area contributed by atoms with Crippen LogP contribution in [0.3, 0.4) is 0 Å². The summed E-state index contributed by atoms with van der Waals surface area (Å²) in [5, 5.41) is 0. The van der Waals surface area contributed by atoms with E-state index in [2.05, 4.69) is 197 Å². The molecular formula is C58H63BN2. The van der Waals surface area contributed by atoms with E-state index in [1.807, 2.05) is 0 Å². The van der Waals surface area contributed by atoms with Crippen LogP contribution in [0.15, 0.2) is 97.1 Å². The molecule has 0 atom stereocenters. The van der Waals surface area contributed by atoms with Gasteiger partial charge in [-0.1, -0.05) is 137 Å². The van der Waals surface area contributed by atoms with Crippen LogP contribution in [0.5, 0.6) is 0 Å². The summed E-state index contributed by atoms with van der Waals surface area (Å²) in [7, 11) is 0. The number of aryl methyl sites for hydroxylation is 2. The molecule has 2 nitrogen and oxygen atoms in total. The molecule has 0 aromatic heterocycles. The summed E-state index contributed by atoms with van der Waals surface area (Å²) in [6.07, 6.45) is 4.50. The highest BCUT2D eigenvalue weighted by Gasteiger charge is 2.48. The zero-order valence-electron chi connectivity index (χ0n) is 39.0. The molecule has 0 unspecified atom stereocenters. The summed E-state index contributed by atoms with van der Waals surface area (Å²) in [5.74, 6) is 0. The fourth-order valence-corrected chi connectivity index (χ4v) is 12.9. The van der Waals surface area contributed by atoms with Crippen LogP contribution in [-0.4, -0.2) is 6.71 Å². The van der Waals surface area contributed by atoms with Crippen molar-refractivity contribution < 1.29 is 0 Å². The summed E-state index contributed by atoms with van der Waals surface area (Å²) in [6, 6.07) is 39.2. The largest absolute Gasteiger partial charge is 0.311 e. The van der Waals surface area contributed by atoms with Crippen LogP contribution < -0.4 is 26.2 Å². The van der Waals surface area contributed by atoms with Gasteiger partial charge >= 0.3 is 0 Å². The van der Waals surface area contributed by atoms with Gasteiger partial charge in [-0.25, -0.2) is 0 Å². The van der Waals surface area contributed by atoms with Crippen molar-refractivity contribution in [3.63, 3.8) is 0 Å². The number of nitrogens with zero attached hydrogens (tertiary/aromatic N) is 2. The van der Waals surface area contributed by atoms with Crippen molar-refractivity contribution in [2.24, 2.45) is 0 Å². The Hall–Kier alpha value is -5.02. The molecule has 0 amide bonds. The third kappa shape index (κ3) is 5.47. The van der Waals surface area contributed by atoms with Gasteiger partial charge < -0.3 is 9.80 Å². The highest BCUT2D eigenvalue weighted by molar-refractivity contribution is 7.00. The predicted molar refractivity (Wildman–Crippen MR) is 263 cm³/mol. The van der Waals surface area contributed by atoms with E-state index in [0.717, 1.165) is 12.8 Å². The monoisotopic (exact) mass is 799 g/mol. The third-order valence-corrected chi connectivity index (χ3v) is 16.0. The lowest BCUT2D eigenvalue weighted by Gasteiger charge is -2.48. The minimum Gasteiger partial charge on any atom is -0.311 e. The first kappa shape index (κ1) is 38.9. The van der Waals surface area contributed by atoms with Gasteiger partial charge in [0.2, 0.25) is 0 Å². The molecule has 5 aliphatic rings. The molecule has 2 heterocycles. The molecular weight excluding hydrogens is 735 g/mol. The first-order chi connectivity index (χ1) is 28.7. The molecule has 308 valence electrons. The lowest BCUT2D eigenvalue weighted by atomic mass is 9.33. The van der Waals surface area contributed by atoms with E-state index in [1.54, 1.807) is 0 Å². The van der Waals surface area contributed by atoms with Crippen LogP contribution >= 0.6 is 0 Å². The average molecular weight is 799 g/mol. The van der Waals surface area contributed by atoms with Crippen LogP contribution in [0.25, 0.3) is 11.1 Å². The van der Waals surface area contributed by atoms with Gasteiger partial charge in [0.1, 0.15) is 0 Å². The Balaban J connectivity index is 1.28. The first-order valence-corrected chi connectivity index (χ1v) is 23.1. The molecule has 0 fully saturated rings. The Morgan fingerprint density at radius 3 is 1.77 bits per heavy atom. The zero-order chi connectivity index (χ0) is 42.9. The Morgan fingerprint density at radius 2 is 1.08 bits per heavy atom. The van der Waals surface area contributed by atoms with Crippen molar-refractivity contribution in [3.05, 3.63) is 147 Å². The fraction of sp³-hybridized carbons (Fsp3) is 0.379. The lowest BCUT2D eigenvalue weighted by molar-refractivity contribution is 0.332. The zero-order valence-corrected chi connectivity index (χ0v) is 39.0. The van der Waals surface area contributed by atoms with E-state index in [9.17, 15) is 0 Å². The number of fused-ring (bicyclic) bond motifs is 9. The lowest BCUT2D eigenvalue weighted by Crippen LogP contribution is -2.62. The maximum absolute atomic E-state index is 2.73. The molecule has 3 aliphatic carbocycles.